The standard InChI is InChI=1S/C25H33N3O3/c1-25(2,3)31-24(30)27-17-21-11-9-20(10-12-21)16-26-23(29)28-14-13-22(18-28)15-19-7-5-4-6-8-19/h4-12,22H,13-18H2,1-3H3,(H,26,29)(H,27,30). The van der Waals surface area contributed by atoms with Gasteiger partial charge in [-0.3, -0.25) is 0 Å². The van der Waals surface area contributed by atoms with Gasteiger partial charge in [-0.15, -0.1) is 0 Å². The van der Waals surface area contributed by atoms with Crippen molar-refractivity contribution in [2.75, 3.05) is 13.1 Å². The molecular formula is C25H33N3O3. The fourth-order valence-corrected chi connectivity index (χ4v) is 3.68. The highest BCUT2D eigenvalue weighted by atomic mass is 16.6. The van der Waals surface area contributed by atoms with Gasteiger partial charge in [0.2, 0.25) is 0 Å². The second-order valence-electron chi connectivity index (χ2n) is 9.12. The van der Waals surface area contributed by atoms with E-state index in [-0.39, 0.29) is 6.03 Å². The molecule has 0 saturated carbocycles. The Bertz CT molecular complexity index is 860. The van der Waals surface area contributed by atoms with Gasteiger partial charge in [0.1, 0.15) is 5.60 Å². The van der Waals surface area contributed by atoms with E-state index in [9.17, 15) is 9.59 Å². The van der Waals surface area contributed by atoms with Gasteiger partial charge < -0.3 is 20.3 Å². The first-order valence-corrected chi connectivity index (χ1v) is 10.9. The van der Waals surface area contributed by atoms with Gasteiger partial charge in [0.15, 0.2) is 0 Å². The van der Waals surface area contributed by atoms with Crippen LogP contribution in [0, 0.1) is 5.92 Å². The van der Waals surface area contributed by atoms with E-state index in [0.29, 0.717) is 19.0 Å². The van der Waals surface area contributed by atoms with Crippen LogP contribution in [-0.4, -0.2) is 35.7 Å². The Labute approximate surface area is 185 Å². The van der Waals surface area contributed by atoms with Crippen LogP contribution in [-0.2, 0) is 24.2 Å². The van der Waals surface area contributed by atoms with Crippen LogP contribution in [0.15, 0.2) is 54.6 Å². The summed E-state index contributed by atoms with van der Waals surface area (Å²) in [5.74, 6) is 0.518. The van der Waals surface area contributed by atoms with E-state index in [4.69, 9.17) is 4.74 Å². The second-order valence-corrected chi connectivity index (χ2v) is 9.12. The molecule has 1 atom stereocenters. The molecule has 0 bridgehead atoms. The highest BCUT2D eigenvalue weighted by Crippen LogP contribution is 2.21. The molecule has 0 aromatic heterocycles. The molecule has 6 heteroatoms. The number of carbonyl (C=O) groups is 2. The smallest absolute Gasteiger partial charge is 0.407 e. The quantitative estimate of drug-likeness (QED) is 0.719. The molecule has 0 spiro atoms. The van der Waals surface area contributed by atoms with Gasteiger partial charge in [-0.05, 0) is 56.2 Å². The van der Waals surface area contributed by atoms with Crippen molar-refractivity contribution in [1.82, 2.24) is 15.5 Å². The van der Waals surface area contributed by atoms with Gasteiger partial charge in [-0.1, -0.05) is 54.6 Å². The van der Waals surface area contributed by atoms with Crippen LogP contribution < -0.4 is 10.6 Å². The molecule has 1 aliphatic heterocycles. The Hall–Kier alpha value is -3.02. The van der Waals surface area contributed by atoms with Crippen LogP contribution in [0.2, 0.25) is 0 Å². The molecule has 1 aliphatic rings. The lowest BCUT2D eigenvalue weighted by Crippen LogP contribution is -2.38. The number of alkyl carbamates (subject to hydrolysis) is 1. The van der Waals surface area contributed by atoms with Crippen molar-refractivity contribution in [2.24, 2.45) is 5.92 Å². The first kappa shape index (κ1) is 22.7. The number of ether oxygens (including phenoxy) is 1. The molecule has 1 fully saturated rings. The number of hydrogen-bond acceptors (Lipinski definition) is 3. The molecule has 1 unspecified atom stereocenters. The molecule has 6 nitrogen and oxygen atoms in total. The van der Waals surface area contributed by atoms with Crippen LogP contribution in [0.25, 0.3) is 0 Å². The minimum atomic E-state index is -0.511. The minimum Gasteiger partial charge on any atom is -0.444 e. The maximum Gasteiger partial charge on any atom is 0.407 e. The lowest BCUT2D eigenvalue weighted by molar-refractivity contribution is 0.0523. The third kappa shape index (κ3) is 7.63. The van der Waals surface area contributed by atoms with Crippen LogP contribution in [0.3, 0.4) is 0 Å². The summed E-state index contributed by atoms with van der Waals surface area (Å²) in [5, 5.41) is 5.76. The zero-order valence-corrected chi connectivity index (χ0v) is 18.7. The van der Waals surface area contributed by atoms with Crippen molar-refractivity contribution in [3.05, 3.63) is 71.3 Å². The third-order valence-corrected chi connectivity index (χ3v) is 5.24. The summed E-state index contributed by atoms with van der Waals surface area (Å²) in [4.78, 5) is 26.2. The van der Waals surface area contributed by atoms with Crippen molar-refractivity contribution in [2.45, 2.75) is 52.3 Å². The number of amides is 3. The average Bonchev–Trinajstić information content (AvgIpc) is 3.19. The Morgan fingerprint density at radius 1 is 0.935 bits per heavy atom. The molecule has 3 rings (SSSR count). The first-order chi connectivity index (χ1) is 14.8. The van der Waals surface area contributed by atoms with Crippen LogP contribution in [0.4, 0.5) is 9.59 Å². The second kappa shape index (κ2) is 10.3. The molecule has 1 heterocycles. The average molecular weight is 424 g/mol. The fourth-order valence-electron chi connectivity index (χ4n) is 3.68. The van der Waals surface area contributed by atoms with Gasteiger partial charge in [-0.25, -0.2) is 9.59 Å². The van der Waals surface area contributed by atoms with Gasteiger partial charge in [0.05, 0.1) is 0 Å². The summed E-state index contributed by atoms with van der Waals surface area (Å²) in [5.41, 5.74) is 2.82. The highest BCUT2D eigenvalue weighted by molar-refractivity contribution is 5.74. The van der Waals surface area contributed by atoms with E-state index in [1.54, 1.807) is 0 Å². The summed E-state index contributed by atoms with van der Waals surface area (Å²) in [7, 11) is 0. The van der Waals surface area contributed by atoms with Gasteiger partial charge in [-0.2, -0.15) is 0 Å². The lowest BCUT2D eigenvalue weighted by atomic mass is 9.99. The van der Waals surface area contributed by atoms with Crippen molar-refractivity contribution < 1.29 is 14.3 Å². The Morgan fingerprint density at radius 2 is 1.55 bits per heavy atom. The maximum atomic E-state index is 12.5. The summed E-state index contributed by atoms with van der Waals surface area (Å²) in [6, 6.07) is 18.3. The molecule has 2 aromatic rings. The van der Waals surface area contributed by atoms with Gasteiger partial charge in [0.25, 0.3) is 0 Å². The first-order valence-electron chi connectivity index (χ1n) is 10.9. The summed E-state index contributed by atoms with van der Waals surface area (Å²) < 4.78 is 5.24. The number of hydrogen-bond donors (Lipinski definition) is 2. The zero-order chi connectivity index (χ0) is 22.3. The van der Waals surface area contributed by atoms with E-state index in [0.717, 1.165) is 37.1 Å². The Balaban J connectivity index is 1.39. The molecule has 2 N–H and O–H groups in total. The van der Waals surface area contributed by atoms with E-state index < -0.39 is 11.7 Å². The van der Waals surface area contributed by atoms with E-state index in [1.807, 2.05) is 56.0 Å². The number of urea groups is 1. The number of rotatable bonds is 6. The molecule has 31 heavy (non-hydrogen) atoms. The number of carbonyl (C=O) groups excluding carboxylic acids is 2. The molecule has 1 saturated heterocycles. The van der Waals surface area contributed by atoms with Crippen molar-refractivity contribution in [3.63, 3.8) is 0 Å². The van der Waals surface area contributed by atoms with Crippen molar-refractivity contribution in [3.8, 4) is 0 Å². The number of nitrogens with one attached hydrogen (secondary N) is 2. The van der Waals surface area contributed by atoms with Crippen LogP contribution in [0.1, 0.15) is 43.9 Å². The maximum absolute atomic E-state index is 12.5. The third-order valence-electron chi connectivity index (χ3n) is 5.24. The minimum absolute atomic E-state index is 0.00812. The Kier molecular flexibility index (Phi) is 7.55. The monoisotopic (exact) mass is 423 g/mol. The number of benzene rings is 2. The van der Waals surface area contributed by atoms with Crippen molar-refractivity contribution >= 4 is 12.1 Å². The molecule has 2 aromatic carbocycles. The normalized spacial score (nSPS) is 16.1. The summed E-state index contributed by atoms with van der Waals surface area (Å²) in [6.45, 7) is 7.99. The fraction of sp³-hybridized carbons (Fsp3) is 0.440. The highest BCUT2D eigenvalue weighted by Gasteiger charge is 2.26. The largest absolute Gasteiger partial charge is 0.444 e. The topological polar surface area (TPSA) is 70.7 Å². The Morgan fingerprint density at radius 3 is 2.16 bits per heavy atom. The zero-order valence-electron chi connectivity index (χ0n) is 18.7. The van der Waals surface area contributed by atoms with E-state index in [2.05, 4.69) is 34.9 Å². The molecule has 0 radical (unpaired) electrons. The van der Waals surface area contributed by atoms with E-state index in [1.165, 1.54) is 5.56 Å². The predicted octanol–water partition coefficient (Wildman–Crippen LogP) is 4.49. The van der Waals surface area contributed by atoms with Gasteiger partial charge >= 0.3 is 12.1 Å². The van der Waals surface area contributed by atoms with Crippen LogP contribution in [0.5, 0.6) is 0 Å². The number of nitrogens with zero attached hydrogens (tertiary/aromatic N) is 1. The van der Waals surface area contributed by atoms with E-state index >= 15 is 0 Å². The molecular weight excluding hydrogens is 390 g/mol. The molecule has 3 amide bonds. The SMILES string of the molecule is CC(C)(C)OC(=O)NCc1ccc(CNC(=O)N2CCC(Cc3ccccc3)C2)cc1. The molecule has 166 valence electrons. The van der Waals surface area contributed by atoms with Crippen LogP contribution >= 0.6 is 0 Å². The predicted molar refractivity (Wildman–Crippen MR) is 122 cm³/mol. The summed E-state index contributed by atoms with van der Waals surface area (Å²) in [6.07, 6.45) is 1.63. The van der Waals surface area contributed by atoms with Gasteiger partial charge in [0, 0.05) is 26.2 Å². The summed E-state index contributed by atoms with van der Waals surface area (Å²) >= 11 is 0. The lowest BCUT2D eigenvalue weighted by Gasteiger charge is -2.19. The number of likely N-dealkylation sites (tertiary alicyclic amines) is 1. The molecule has 0 aliphatic carbocycles. The van der Waals surface area contributed by atoms with Crippen molar-refractivity contribution in [1.29, 1.82) is 0 Å².